The van der Waals surface area contributed by atoms with Crippen LogP contribution in [0.1, 0.15) is 26.3 Å². The minimum atomic E-state index is -2.53. The molecule has 2 aromatic carbocycles. The lowest BCUT2D eigenvalue weighted by molar-refractivity contribution is -0.0888. The molecular weight excluding hydrogens is 448 g/mol. The van der Waals surface area contributed by atoms with Gasteiger partial charge in [0, 0.05) is 17.7 Å². The van der Waals surface area contributed by atoms with Gasteiger partial charge in [-0.3, -0.25) is 14.3 Å². The number of nitrogens with one attached hydrogen (secondary N) is 1. The van der Waals surface area contributed by atoms with Crippen LogP contribution in [0.4, 0.5) is 0 Å². The lowest BCUT2D eigenvalue weighted by Gasteiger charge is -2.47. The quantitative estimate of drug-likeness (QED) is 0.461. The van der Waals surface area contributed by atoms with E-state index in [2.05, 4.69) is 4.98 Å². The first-order chi connectivity index (χ1) is 16.1. The molecule has 0 saturated carbocycles. The molecule has 1 aliphatic rings. The standard InChI is InChI=1S/C26H32N2O5Si/c1-17-15-28(24(32)27-23(17)31)26(22(25(2,3)4)21(30)20(16-29)33-26)34(18-11-7-5-8-12-18)19-13-9-6-10-14-19/h5-15,20-22,29-30,34H,16H2,1-4H3,(H,27,31,32)/t20-,21-,22?,26+/m1/s1. The van der Waals surface area contributed by atoms with Gasteiger partial charge >= 0.3 is 5.69 Å². The summed E-state index contributed by atoms with van der Waals surface area (Å²) < 4.78 is 8.17. The summed E-state index contributed by atoms with van der Waals surface area (Å²) in [6.07, 6.45) is -0.365. The Morgan fingerprint density at radius 2 is 1.56 bits per heavy atom. The van der Waals surface area contributed by atoms with Gasteiger partial charge in [-0.05, 0) is 12.3 Å². The fourth-order valence-corrected chi connectivity index (χ4v) is 9.90. The van der Waals surface area contributed by atoms with E-state index in [-0.39, 0.29) is 0 Å². The third-order valence-electron chi connectivity index (χ3n) is 6.80. The number of aromatic nitrogens is 2. The van der Waals surface area contributed by atoms with Crippen molar-refractivity contribution in [3.8, 4) is 0 Å². The highest BCUT2D eigenvalue weighted by molar-refractivity contribution is 6.86. The molecule has 1 fully saturated rings. The molecule has 1 aliphatic heterocycles. The van der Waals surface area contributed by atoms with Gasteiger partial charge in [0.25, 0.3) is 5.56 Å². The number of nitrogens with zero attached hydrogens (tertiary/aromatic N) is 1. The Kier molecular flexibility index (Phi) is 6.52. The lowest BCUT2D eigenvalue weighted by atomic mass is 9.76. The molecule has 7 nitrogen and oxygen atoms in total. The maximum atomic E-state index is 13.4. The minimum absolute atomic E-state index is 0.367. The molecule has 2 heterocycles. The summed E-state index contributed by atoms with van der Waals surface area (Å²) in [5.74, 6) is -0.558. The molecule has 3 N–H and O–H groups in total. The van der Waals surface area contributed by atoms with E-state index in [1.54, 1.807) is 6.92 Å². The van der Waals surface area contributed by atoms with Crippen molar-refractivity contribution < 1.29 is 14.9 Å². The first-order valence-electron chi connectivity index (χ1n) is 11.5. The Bertz CT molecular complexity index is 1210. The minimum Gasteiger partial charge on any atom is -0.394 e. The molecule has 0 radical (unpaired) electrons. The number of aliphatic hydroxyl groups is 2. The van der Waals surface area contributed by atoms with Gasteiger partial charge < -0.3 is 14.9 Å². The first-order valence-corrected chi connectivity index (χ1v) is 13.2. The maximum Gasteiger partial charge on any atom is 0.330 e. The average Bonchev–Trinajstić information content (AvgIpc) is 3.10. The molecule has 0 bridgehead atoms. The van der Waals surface area contributed by atoms with Crippen molar-refractivity contribution in [3.05, 3.63) is 93.3 Å². The van der Waals surface area contributed by atoms with E-state index in [0.29, 0.717) is 5.56 Å². The van der Waals surface area contributed by atoms with Crippen LogP contribution in [0.5, 0.6) is 0 Å². The normalized spacial score (nSPS) is 25.1. The van der Waals surface area contributed by atoms with Gasteiger partial charge in [0.1, 0.15) is 11.5 Å². The highest BCUT2D eigenvalue weighted by atomic mass is 28.3. The molecule has 1 aromatic heterocycles. The molecule has 1 unspecified atom stereocenters. The van der Waals surface area contributed by atoms with E-state index in [1.165, 1.54) is 10.8 Å². The van der Waals surface area contributed by atoms with Crippen LogP contribution in [-0.4, -0.2) is 47.4 Å². The fourth-order valence-electron chi connectivity index (χ4n) is 5.50. The van der Waals surface area contributed by atoms with Gasteiger partial charge in [-0.1, -0.05) is 91.8 Å². The number of H-pyrrole nitrogens is 1. The summed E-state index contributed by atoms with van der Waals surface area (Å²) in [5.41, 5.74) is -1.20. The number of hydrogen-bond acceptors (Lipinski definition) is 5. The van der Waals surface area contributed by atoms with Gasteiger partial charge in [0.15, 0.2) is 8.80 Å². The molecule has 0 amide bonds. The Hall–Kier alpha value is -2.78. The molecule has 0 aliphatic carbocycles. The average molecular weight is 481 g/mol. The van der Waals surface area contributed by atoms with Crippen LogP contribution in [0, 0.1) is 18.3 Å². The van der Waals surface area contributed by atoms with Crippen molar-refractivity contribution in [2.24, 2.45) is 11.3 Å². The highest BCUT2D eigenvalue weighted by Gasteiger charge is 2.64. The van der Waals surface area contributed by atoms with Gasteiger partial charge in [-0.15, -0.1) is 0 Å². The van der Waals surface area contributed by atoms with Gasteiger partial charge in [-0.25, -0.2) is 4.79 Å². The summed E-state index contributed by atoms with van der Waals surface area (Å²) in [7, 11) is -2.53. The Labute approximate surface area is 200 Å². The number of ether oxygens (including phenoxy) is 1. The zero-order valence-electron chi connectivity index (χ0n) is 19.9. The fraction of sp³-hybridized carbons (Fsp3) is 0.385. The zero-order valence-corrected chi connectivity index (χ0v) is 21.1. The number of benzene rings is 2. The summed E-state index contributed by atoms with van der Waals surface area (Å²) in [6.45, 7) is 7.26. The predicted octanol–water partition coefficient (Wildman–Crippen LogP) is 0.493. The molecule has 4 rings (SSSR count). The van der Waals surface area contributed by atoms with E-state index in [4.69, 9.17) is 4.74 Å². The molecular formula is C26H32N2O5Si. The van der Waals surface area contributed by atoms with Crippen molar-refractivity contribution in [1.82, 2.24) is 9.55 Å². The monoisotopic (exact) mass is 480 g/mol. The Balaban J connectivity index is 2.16. The lowest BCUT2D eigenvalue weighted by Crippen LogP contribution is -2.68. The smallest absolute Gasteiger partial charge is 0.330 e. The molecule has 3 aromatic rings. The van der Waals surface area contributed by atoms with Crippen LogP contribution in [0.25, 0.3) is 0 Å². The van der Waals surface area contributed by atoms with Crippen LogP contribution < -0.4 is 21.6 Å². The van der Waals surface area contributed by atoms with Gasteiger partial charge in [-0.2, -0.15) is 0 Å². The second-order valence-electron chi connectivity index (χ2n) is 10.1. The van der Waals surface area contributed by atoms with Crippen LogP contribution in [0.2, 0.25) is 0 Å². The predicted molar refractivity (Wildman–Crippen MR) is 134 cm³/mol. The first kappa shape index (κ1) is 24.3. The van der Waals surface area contributed by atoms with Crippen LogP contribution >= 0.6 is 0 Å². The summed E-state index contributed by atoms with van der Waals surface area (Å²) in [5, 5.41) is 22.4. The van der Waals surface area contributed by atoms with E-state index in [0.717, 1.165) is 10.4 Å². The van der Waals surface area contributed by atoms with E-state index < -0.39 is 55.5 Å². The summed E-state index contributed by atoms with van der Waals surface area (Å²) >= 11 is 0. The van der Waals surface area contributed by atoms with Crippen molar-refractivity contribution in [2.75, 3.05) is 6.61 Å². The molecule has 1 saturated heterocycles. The molecule has 4 atom stereocenters. The Morgan fingerprint density at radius 1 is 1.03 bits per heavy atom. The molecule has 180 valence electrons. The summed E-state index contributed by atoms with van der Waals surface area (Å²) in [4.78, 5) is 28.2. The molecule has 34 heavy (non-hydrogen) atoms. The number of aliphatic hydroxyl groups excluding tert-OH is 2. The van der Waals surface area contributed by atoms with Crippen molar-refractivity contribution in [3.63, 3.8) is 0 Å². The largest absolute Gasteiger partial charge is 0.394 e. The Morgan fingerprint density at radius 3 is 2.03 bits per heavy atom. The van der Waals surface area contributed by atoms with E-state index in [9.17, 15) is 19.8 Å². The number of hydrogen-bond donors (Lipinski definition) is 3. The maximum absolute atomic E-state index is 13.4. The van der Waals surface area contributed by atoms with Crippen molar-refractivity contribution in [2.45, 2.75) is 45.3 Å². The van der Waals surface area contributed by atoms with Crippen molar-refractivity contribution >= 4 is 19.2 Å². The number of aryl methyl sites for hydroxylation is 1. The summed E-state index contributed by atoms with van der Waals surface area (Å²) in [6, 6.07) is 19.8. The topological polar surface area (TPSA) is 105 Å². The van der Waals surface area contributed by atoms with E-state index in [1.807, 2.05) is 81.4 Å². The number of aromatic amines is 1. The van der Waals surface area contributed by atoms with Gasteiger partial charge in [0.05, 0.1) is 12.7 Å². The second-order valence-corrected chi connectivity index (χ2v) is 13.1. The third kappa shape index (κ3) is 4.00. The van der Waals surface area contributed by atoms with E-state index >= 15 is 0 Å². The van der Waals surface area contributed by atoms with Crippen LogP contribution in [-0.2, 0) is 10.1 Å². The van der Waals surface area contributed by atoms with Crippen LogP contribution in [0.3, 0.4) is 0 Å². The SMILES string of the molecule is Cc1cn([C@]2([SiH](c3ccccc3)c3ccccc3)O[C@H](CO)[C@@H](O)C2C(C)(C)C)c(=O)[nH]c1=O. The van der Waals surface area contributed by atoms with Crippen LogP contribution in [0.15, 0.2) is 76.4 Å². The second kappa shape index (κ2) is 9.11. The molecule has 0 spiro atoms. The van der Waals surface area contributed by atoms with Gasteiger partial charge in [0.2, 0.25) is 0 Å². The highest BCUT2D eigenvalue weighted by Crippen LogP contribution is 2.50. The zero-order chi connectivity index (χ0) is 24.7. The third-order valence-corrected chi connectivity index (χ3v) is 10.5. The number of rotatable bonds is 5. The van der Waals surface area contributed by atoms with Crippen molar-refractivity contribution in [1.29, 1.82) is 0 Å². The molecule has 8 heteroatoms.